The maximum Gasteiger partial charge on any atom is 0.410 e. The van der Waals surface area contributed by atoms with Crippen molar-refractivity contribution in [1.29, 1.82) is 0 Å². The normalized spacial score (nSPS) is 21.9. The number of β-amino-alcohol motifs (C(OH)–C–C–N with tert-alkyl or cyclic N) is 1. The van der Waals surface area contributed by atoms with Gasteiger partial charge >= 0.3 is 6.09 Å². The second-order valence-electron chi connectivity index (χ2n) is 6.51. The van der Waals surface area contributed by atoms with Gasteiger partial charge in [-0.1, -0.05) is 0 Å². The van der Waals surface area contributed by atoms with Crippen LogP contribution in [0.1, 0.15) is 27.2 Å². The van der Waals surface area contributed by atoms with E-state index in [0.717, 1.165) is 0 Å². The number of carbonyl (C=O) groups excluding carboxylic acids is 1. The fraction of sp³-hybridized carbons (Fsp3) is 0.562. The van der Waals surface area contributed by atoms with Gasteiger partial charge in [-0.15, -0.1) is 0 Å². The number of aliphatic hydroxyl groups excluding tert-OH is 1. The summed E-state index contributed by atoms with van der Waals surface area (Å²) in [5.74, 6) is -0.0800. The summed E-state index contributed by atoms with van der Waals surface area (Å²) in [7, 11) is 0. The van der Waals surface area contributed by atoms with E-state index in [-0.39, 0.29) is 6.54 Å². The molecule has 0 aromatic heterocycles. The number of halogens is 2. The summed E-state index contributed by atoms with van der Waals surface area (Å²) in [6.07, 6.45) is -1.40. The molecule has 0 saturated carbocycles. The summed E-state index contributed by atoms with van der Waals surface area (Å²) >= 11 is 3.29. The first-order valence-electron chi connectivity index (χ1n) is 7.43. The maximum absolute atomic E-state index is 13.3. The molecule has 1 aromatic carbocycles. The SMILES string of the molecule is CC(C)(C)OC(=O)N1CC[C@@H](Oc2cc(F)ccc2Br)[C@H](O)C1. The van der Waals surface area contributed by atoms with Gasteiger partial charge in [0.15, 0.2) is 0 Å². The molecule has 1 aliphatic rings. The highest BCUT2D eigenvalue weighted by atomic mass is 79.9. The lowest BCUT2D eigenvalue weighted by Crippen LogP contribution is -2.52. The van der Waals surface area contributed by atoms with Crippen LogP contribution in [-0.2, 0) is 4.74 Å². The van der Waals surface area contributed by atoms with Crippen LogP contribution in [0.25, 0.3) is 0 Å². The van der Waals surface area contributed by atoms with E-state index in [2.05, 4.69) is 15.9 Å². The Kier molecular flexibility index (Phi) is 5.52. The Labute approximate surface area is 143 Å². The van der Waals surface area contributed by atoms with E-state index in [1.165, 1.54) is 17.0 Å². The lowest BCUT2D eigenvalue weighted by Gasteiger charge is -2.36. The number of ether oxygens (including phenoxy) is 2. The molecule has 5 nitrogen and oxygen atoms in total. The van der Waals surface area contributed by atoms with Gasteiger partial charge in [-0.3, -0.25) is 0 Å². The third kappa shape index (κ3) is 5.07. The van der Waals surface area contributed by atoms with Gasteiger partial charge in [-0.05, 0) is 48.8 Å². The van der Waals surface area contributed by atoms with E-state index in [1.807, 2.05) is 0 Å². The number of nitrogens with zero attached hydrogens (tertiary/aromatic N) is 1. The zero-order valence-corrected chi connectivity index (χ0v) is 15.0. The molecule has 0 radical (unpaired) electrons. The standard InChI is InChI=1S/C16H21BrFNO4/c1-16(2,3)23-15(21)19-7-6-13(12(20)9-19)22-14-8-10(18)4-5-11(14)17/h4-5,8,12-13,20H,6-7,9H2,1-3H3/t12-,13-/m1/s1. The van der Waals surface area contributed by atoms with Gasteiger partial charge in [-0.2, -0.15) is 0 Å². The Morgan fingerprint density at radius 3 is 2.74 bits per heavy atom. The number of piperidine rings is 1. The van der Waals surface area contributed by atoms with E-state index in [9.17, 15) is 14.3 Å². The summed E-state index contributed by atoms with van der Waals surface area (Å²) in [6, 6.07) is 4.13. The van der Waals surface area contributed by atoms with Crippen LogP contribution >= 0.6 is 15.9 Å². The first kappa shape index (κ1) is 18.0. The maximum atomic E-state index is 13.3. The number of carbonyl (C=O) groups is 1. The number of likely N-dealkylation sites (tertiary alicyclic amines) is 1. The van der Waals surface area contributed by atoms with Gasteiger partial charge in [-0.25, -0.2) is 9.18 Å². The molecule has 0 unspecified atom stereocenters. The van der Waals surface area contributed by atoms with Crippen LogP contribution < -0.4 is 4.74 Å². The highest BCUT2D eigenvalue weighted by Crippen LogP contribution is 2.29. The van der Waals surface area contributed by atoms with E-state index >= 15 is 0 Å². The quantitative estimate of drug-likeness (QED) is 0.842. The molecule has 0 spiro atoms. The van der Waals surface area contributed by atoms with Crippen molar-refractivity contribution < 1.29 is 23.8 Å². The van der Waals surface area contributed by atoms with Gasteiger partial charge in [0.25, 0.3) is 0 Å². The number of hydrogen-bond donors (Lipinski definition) is 1. The smallest absolute Gasteiger partial charge is 0.410 e. The molecule has 1 N–H and O–H groups in total. The molecule has 128 valence electrons. The van der Waals surface area contributed by atoms with E-state index in [0.29, 0.717) is 23.2 Å². The Hall–Kier alpha value is -1.34. The molecule has 7 heteroatoms. The fourth-order valence-electron chi connectivity index (χ4n) is 2.27. The van der Waals surface area contributed by atoms with Crippen molar-refractivity contribution in [2.45, 2.75) is 45.0 Å². The highest BCUT2D eigenvalue weighted by molar-refractivity contribution is 9.10. The Balaban J connectivity index is 1.96. The zero-order valence-electron chi connectivity index (χ0n) is 13.4. The number of rotatable bonds is 2. The molecule has 0 aliphatic carbocycles. The van der Waals surface area contributed by atoms with Crippen molar-refractivity contribution in [1.82, 2.24) is 4.90 Å². The predicted molar refractivity (Wildman–Crippen MR) is 86.9 cm³/mol. The zero-order chi connectivity index (χ0) is 17.2. The molecule has 2 atom stereocenters. The summed E-state index contributed by atoms with van der Waals surface area (Å²) in [4.78, 5) is 13.5. The molecule has 1 heterocycles. The summed E-state index contributed by atoms with van der Waals surface area (Å²) < 4.78 is 24.9. The monoisotopic (exact) mass is 389 g/mol. The summed E-state index contributed by atoms with van der Waals surface area (Å²) in [5, 5.41) is 10.2. The first-order valence-corrected chi connectivity index (χ1v) is 8.23. The van der Waals surface area contributed by atoms with Gasteiger partial charge in [0.1, 0.15) is 29.4 Å². The second-order valence-corrected chi connectivity index (χ2v) is 7.37. The van der Waals surface area contributed by atoms with Gasteiger partial charge < -0.3 is 19.5 Å². The molecule has 1 aliphatic heterocycles. The van der Waals surface area contributed by atoms with Crippen LogP contribution in [0.4, 0.5) is 9.18 Å². The van der Waals surface area contributed by atoms with Crippen LogP contribution in [0.2, 0.25) is 0 Å². The van der Waals surface area contributed by atoms with Crippen LogP contribution in [-0.4, -0.2) is 47.0 Å². The van der Waals surface area contributed by atoms with Crippen molar-refractivity contribution in [2.75, 3.05) is 13.1 Å². The van der Waals surface area contributed by atoms with Crippen molar-refractivity contribution in [3.63, 3.8) is 0 Å². The number of amides is 1. The van der Waals surface area contributed by atoms with E-state index < -0.39 is 29.7 Å². The molecule has 1 aromatic rings. The van der Waals surface area contributed by atoms with E-state index in [4.69, 9.17) is 9.47 Å². The molecule has 0 bridgehead atoms. The average molecular weight is 390 g/mol. The van der Waals surface area contributed by atoms with Crippen LogP contribution in [0.3, 0.4) is 0 Å². The Morgan fingerprint density at radius 1 is 1.43 bits per heavy atom. The van der Waals surface area contributed by atoms with Crippen LogP contribution in [0.5, 0.6) is 5.75 Å². The third-order valence-corrected chi connectivity index (χ3v) is 4.00. The Morgan fingerprint density at radius 2 is 2.13 bits per heavy atom. The van der Waals surface area contributed by atoms with Crippen LogP contribution in [0, 0.1) is 5.82 Å². The first-order chi connectivity index (χ1) is 10.7. The summed E-state index contributed by atoms with van der Waals surface area (Å²) in [6.45, 7) is 5.89. The lowest BCUT2D eigenvalue weighted by molar-refractivity contribution is -0.0377. The average Bonchev–Trinajstić information content (AvgIpc) is 2.43. The number of hydrogen-bond acceptors (Lipinski definition) is 4. The van der Waals surface area contributed by atoms with Crippen molar-refractivity contribution in [2.24, 2.45) is 0 Å². The third-order valence-electron chi connectivity index (χ3n) is 3.34. The minimum absolute atomic E-state index is 0.118. The molecular weight excluding hydrogens is 369 g/mol. The molecule has 1 fully saturated rings. The predicted octanol–water partition coefficient (Wildman–Crippen LogP) is 3.34. The second kappa shape index (κ2) is 7.05. The van der Waals surface area contributed by atoms with E-state index in [1.54, 1.807) is 26.8 Å². The molecule has 23 heavy (non-hydrogen) atoms. The molecule has 2 rings (SSSR count). The Bertz CT molecular complexity index is 576. The van der Waals surface area contributed by atoms with Gasteiger partial charge in [0, 0.05) is 19.0 Å². The van der Waals surface area contributed by atoms with Crippen molar-refractivity contribution >= 4 is 22.0 Å². The molecule has 1 saturated heterocycles. The van der Waals surface area contributed by atoms with Crippen molar-refractivity contribution in [3.8, 4) is 5.75 Å². The van der Waals surface area contributed by atoms with Crippen LogP contribution in [0.15, 0.2) is 22.7 Å². The van der Waals surface area contributed by atoms with Gasteiger partial charge in [0.05, 0.1) is 11.0 Å². The minimum Gasteiger partial charge on any atom is -0.486 e. The van der Waals surface area contributed by atoms with Gasteiger partial charge in [0.2, 0.25) is 0 Å². The lowest BCUT2D eigenvalue weighted by atomic mass is 10.1. The largest absolute Gasteiger partial charge is 0.486 e. The fourth-order valence-corrected chi connectivity index (χ4v) is 2.61. The topological polar surface area (TPSA) is 59.0 Å². The summed E-state index contributed by atoms with van der Waals surface area (Å²) in [5.41, 5.74) is -0.582. The number of aliphatic hydroxyl groups is 1. The highest BCUT2D eigenvalue weighted by Gasteiger charge is 2.34. The number of benzene rings is 1. The van der Waals surface area contributed by atoms with Crippen molar-refractivity contribution in [3.05, 3.63) is 28.5 Å². The minimum atomic E-state index is -0.869. The molecular formula is C16H21BrFNO4. The molecule has 1 amide bonds.